The molecule has 0 aromatic heterocycles. The second-order valence-corrected chi connectivity index (χ2v) is 8.42. The van der Waals surface area contributed by atoms with Crippen molar-refractivity contribution in [2.45, 2.75) is 27.4 Å². The van der Waals surface area contributed by atoms with E-state index in [9.17, 15) is 14.4 Å². The number of benzene rings is 3. The molecular weight excluding hydrogens is 499 g/mol. The van der Waals surface area contributed by atoms with Gasteiger partial charge in [0, 0.05) is 11.3 Å². The number of halogens is 2. The molecule has 5 nitrogen and oxygen atoms in total. The summed E-state index contributed by atoms with van der Waals surface area (Å²) >= 11 is 3.47. The number of aryl methyl sites for hydroxylation is 2. The van der Waals surface area contributed by atoms with Crippen LogP contribution in [0.4, 0.5) is 10.1 Å². The molecule has 34 heavy (non-hydrogen) atoms. The largest absolute Gasteiger partial charge is 0.490 e. The first-order valence-corrected chi connectivity index (χ1v) is 11.4. The fraction of sp³-hybridized carbons (Fsp3) is 0.185. The third kappa shape index (κ3) is 6.24. The third-order valence-electron chi connectivity index (χ3n) is 5.10. The van der Waals surface area contributed by atoms with Gasteiger partial charge < -0.3 is 14.8 Å². The molecule has 0 heterocycles. The van der Waals surface area contributed by atoms with Gasteiger partial charge >= 0.3 is 0 Å². The van der Waals surface area contributed by atoms with Gasteiger partial charge in [-0.15, -0.1) is 0 Å². The standard InChI is InChI=1S/C27H24BrFN2O3/c1-4-33-25-14-19(13-23(28)26(25)34-16-20-7-5-6-8-24(20)29)12-21(15-30)27(32)31-22-10-9-17(2)18(3)11-22/h5-14H,4,16H2,1-3H3,(H,31,32)/b21-12+. The van der Waals surface area contributed by atoms with Gasteiger partial charge in [-0.1, -0.05) is 24.3 Å². The maximum Gasteiger partial charge on any atom is 0.266 e. The average molecular weight is 523 g/mol. The van der Waals surface area contributed by atoms with Crippen LogP contribution in [0.1, 0.15) is 29.2 Å². The number of carbonyl (C=O) groups excluding carboxylic acids is 1. The van der Waals surface area contributed by atoms with Crippen LogP contribution in [0.25, 0.3) is 6.08 Å². The van der Waals surface area contributed by atoms with Crippen LogP contribution in [0.3, 0.4) is 0 Å². The number of hydrogen-bond donors (Lipinski definition) is 1. The van der Waals surface area contributed by atoms with Crippen molar-refractivity contribution < 1.29 is 18.7 Å². The summed E-state index contributed by atoms with van der Waals surface area (Å²) in [6, 6.07) is 17.3. The molecule has 0 saturated heterocycles. The number of carbonyl (C=O) groups is 1. The molecule has 7 heteroatoms. The number of nitrogens with one attached hydrogen (secondary N) is 1. The zero-order chi connectivity index (χ0) is 24.7. The minimum Gasteiger partial charge on any atom is -0.490 e. The topological polar surface area (TPSA) is 71.3 Å². The molecule has 0 aliphatic heterocycles. The Hall–Kier alpha value is -3.63. The van der Waals surface area contributed by atoms with E-state index in [0.29, 0.717) is 39.4 Å². The van der Waals surface area contributed by atoms with Crippen molar-refractivity contribution in [3.05, 3.63) is 92.7 Å². The van der Waals surface area contributed by atoms with E-state index in [4.69, 9.17) is 9.47 Å². The summed E-state index contributed by atoms with van der Waals surface area (Å²) in [6.45, 7) is 6.15. The monoisotopic (exact) mass is 522 g/mol. The minimum absolute atomic E-state index is 0.0162. The highest BCUT2D eigenvalue weighted by Crippen LogP contribution is 2.38. The predicted octanol–water partition coefficient (Wildman–Crippen LogP) is 6.73. The summed E-state index contributed by atoms with van der Waals surface area (Å²) in [5.74, 6) is -0.0593. The lowest BCUT2D eigenvalue weighted by molar-refractivity contribution is -0.112. The molecule has 0 spiro atoms. The second kappa shape index (κ2) is 11.5. The Morgan fingerprint density at radius 1 is 1.12 bits per heavy atom. The molecule has 0 aliphatic carbocycles. The van der Waals surface area contributed by atoms with E-state index in [1.165, 1.54) is 12.1 Å². The van der Waals surface area contributed by atoms with Gasteiger partial charge in [0.25, 0.3) is 5.91 Å². The van der Waals surface area contributed by atoms with E-state index in [-0.39, 0.29) is 18.0 Å². The Balaban J connectivity index is 1.86. The van der Waals surface area contributed by atoms with Gasteiger partial charge in [-0.3, -0.25) is 4.79 Å². The molecule has 3 rings (SSSR count). The zero-order valence-corrected chi connectivity index (χ0v) is 20.7. The van der Waals surface area contributed by atoms with Crippen molar-refractivity contribution in [3.63, 3.8) is 0 Å². The number of nitriles is 1. The first-order valence-electron chi connectivity index (χ1n) is 10.6. The number of nitrogens with zero attached hydrogens (tertiary/aromatic N) is 1. The predicted molar refractivity (Wildman–Crippen MR) is 134 cm³/mol. The van der Waals surface area contributed by atoms with E-state index >= 15 is 0 Å². The normalized spacial score (nSPS) is 11.0. The number of rotatable bonds is 8. The van der Waals surface area contributed by atoms with Crippen molar-refractivity contribution in [1.82, 2.24) is 0 Å². The Morgan fingerprint density at radius 2 is 1.88 bits per heavy atom. The number of hydrogen-bond acceptors (Lipinski definition) is 4. The zero-order valence-electron chi connectivity index (χ0n) is 19.1. The molecule has 0 fully saturated rings. The molecule has 0 unspecified atom stereocenters. The maximum atomic E-state index is 14.0. The van der Waals surface area contributed by atoms with Gasteiger partial charge in [-0.25, -0.2) is 4.39 Å². The second-order valence-electron chi connectivity index (χ2n) is 7.57. The lowest BCUT2D eigenvalue weighted by Crippen LogP contribution is -2.13. The highest BCUT2D eigenvalue weighted by molar-refractivity contribution is 9.10. The highest BCUT2D eigenvalue weighted by atomic mass is 79.9. The molecular formula is C27H24BrFN2O3. The van der Waals surface area contributed by atoms with Crippen LogP contribution in [-0.4, -0.2) is 12.5 Å². The smallest absolute Gasteiger partial charge is 0.266 e. The maximum absolute atomic E-state index is 14.0. The summed E-state index contributed by atoms with van der Waals surface area (Å²) in [5.41, 5.74) is 3.68. The van der Waals surface area contributed by atoms with Gasteiger partial charge in [-0.05, 0) is 89.8 Å². The summed E-state index contributed by atoms with van der Waals surface area (Å²) in [7, 11) is 0. The van der Waals surface area contributed by atoms with Crippen molar-refractivity contribution >= 4 is 33.6 Å². The third-order valence-corrected chi connectivity index (χ3v) is 5.69. The lowest BCUT2D eigenvalue weighted by Gasteiger charge is -2.15. The van der Waals surface area contributed by atoms with E-state index in [2.05, 4.69) is 21.2 Å². The Kier molecular flexibility index (Phi) is 8.44. The van der Waals surface area contributed by atoms with E-state index in [0.717, 1.165) is 11.1 Å². The SMILES string of the molecule is CCOc1cc(/C=C(\C#N)C(=O)Nc2ccc(C)c(C)c2)cc(Br)c1OCc1ccccc1F. The number of ether oxygens (including phenoxy) is 2. The van der Waals surface area contributed by atoms with Crippen molar-refractivity contribution in [2.24, 2.45) is 0 Å². The van der Waals surface area contributed by atoms with Gasteiger partial charge in [0.2, 0.25) is 0 Å². The molecule has 0 radical (unpaired) electrons. The Labute approximate surface area is 207 Å². The Morgan fingerprint density at radius 3 is 2.56 bits per heavy atom. The van der Waals surface area contributed by atoms with Crippen LogP contribution in [0, 0.1) is 31.0 Å². The molecule has 1 amide bonds. The summed E-state index contributed by atoms with van der Waals surface area (Å²) in [4.78, 5) is 12.7. The molecule has 0 aliphatic rings. The highest BCUT2D eigenvalue weighted by Gasteiger charge is 2.15. The summed E-state index contributed by atoms with van der Waals surface area (Å²) < 4.78 is 26.1. The van der Waals surface area contributed by atoms with Crippen molar-refractivity contribution in [3.8, 4) is 17.6 Å². The number of anilines is 1. The average Bonchev–Trinajstić information content (AvgIpc) is 2.80. The Bertz CT molecular complexity index is 1280. The van der Waals surface area contributed by atoms with Crippen LogP contribution >= 0.6 is 15.9 Å². The molecule has 174 valence electrons. The molecule has 0 bridgehead atoms. The molecule has 0 atom stereocenters. The first kappa shape index (κ1) is 25.0. The molecule has 3 aromatic rings. The van der Waals surface area contributed by atoms with Gasteiger partial charge in [0.15, 0.2) is 11.5 Å². The van der Waals surface area contributed by atoms with Gasteiger partial charge in [0.05, 0.1) is 11.1 Å². The van der Waals surface area contributed by atoms with E-state index < -0.39 is 5.91 Å². The van der Waals surface area contributed by atoms with Crippen LogP contribution in [0.5, 0.6) is 11.5 Å². The van der Waals surface area contributed by atoms with Crippen molar-refractivity contribution in [1.29, 1.82) is 5.26 Å². The quantitative estimate of drug-likeness (QED) is 0.263. The molecule has 0 saturated carbocycles. The summed E-state index contributed by atoms with van der Waals surface area (Å²) in [6.07, 6.45) is 1.48. The van der Waals surface area contributed by atoms with Crippen molar-refractivity contribution in [2.75, 3.05) is 11.9 Å². The fourth-order valence-corrected chi connectivity index (χ4v) is 3.75. The fourth-order valence-electron chi connectivity index (χ4n) is 3.17. The van der Waals surface area contributed by atoms with Crippen LogP contribution in [0.2, 0.25) is 0 Å². The van der Waals surface area contributed by atoms with Crippen LogP contribution < -0.4 is 14.8 Å². The molecule has 3 aromatic carbocycles. The van der Waals surface area contributed by atoms with Gasteiger partial charge in [-0.2, -0.15) is 5.26 Å². The minimum atomic E-state index is -0.514. The van der Waals surface area contributed by atoms with Crippen LogP contribution in [-0.2, 0) is 11.4 Å². The van der Waals surface area contributed by atoms with E-state index in [1.807, 2.05) is 39.0 Å². The summed E-state index contributed by atoms with van der Waals surface area (Å²) in [5, 5.41) is 12.3. The first-order chi connectivity index (χ1) is 16.3. The molecule has 1 N–H and O–H groups in total. The lowest BCUT2D eigenvalue weighted by atomic mass is 10.1. The van der Waals surface area contributed by atoms with Crippen LogP contribution in [0.15, 0.2) is 64.6 Å². The van der Waals surface area contributed by atoms with Gasteiger partial charge in [0.1, 0.15) is 24.1 Å². The number of amides is 1. The van der Waals surface area contributed by atoms with E-state index in [1.54, 1.807) is 36.4 Å².